The first-order valence-electron chi connectivity index (χ1n) is 9.12. The number of aromatic nitrogens is 3. The molecule has 2 N–H and O–H groups in total. The molecule has 0 bridgehead atoms. The summed E-state index contributed by atoms with van der Waals surface area (Å²) in [4.78, 5) is 38.1. The Balaban J connectivity index is 1.65. The van der Waals surface area contributed by atoms with Crippen molar-refractivity contribution in [3.8, 4) is 0 Å². The van der Waals surface area contributed by atoms with Crippen LogP contribution in [0.4, 0.5) is 17.2 Å². The molecule has 0 saturated heterocycles. The molecule has 0 spiro atoms. The van der Waals surface area contributed by atoms with E-state index in [-0.39, 0.29) is 17.5 Å². The van der Waals surface area contributed by atoms with Crippen LogP contribution >= 0.6 is 0 Å². The van der Waals surface area contributed by atoms with Crippen LogP contribution in [0.15, 0.2) is 61.2 Å². The van der Waals surface area contributed by atoms with E-state index in [1.165, 1.54) is 18.8 Å². The van der Waals surface area contributed by atoms with Crippen LogP contribution in [0.25, 0.3) is 0 Å². The minimum atomic E-state index is -0.351. The van der Waals surface area contributed by atoms with E-state index < -0.39 is 0 Å². The number of rotatable bonds is 7. The third-order valence-electron chi connectivity index (χ3n) is 4.20. The summed E-state index contributed by atoms with van der Waals surface area (Å²) in [6.07, 6.45) is 5.74. The van der Waals surface area contributed by atoms with E-state index in [2.05, 4.69) is 25.6 Å². The highest BCUT2D eigenvalue weighted by Crippen LogP contribution is 2.17. The Kier molecular flexibility index (Phi) is 6.47. The van der Waals surface area contributed by atoms with Gasteiger partial charge in [0.15, 0.2) is 0 Å². The number of carbonyl (C=O) groups is 2. The van der Waals surface area contributed by atoms with E-state index in [1.54, 1.807) is 42.7 Å². The van der Waals surface area contributed by atoms with Gasteiger partial charge in [-0.05, 0) is 42.3 Å². The Morgan fingerprint density at radius 1 is 1.00 bits per heavy atom. The number of nitrogens with one attached hydrogen (secondary N) is 2. The second-order valence-electron chi connectivity index (χ2n) is 6.50. The topological polar surface area (TPSA) is 100 Å². The maximum absolute atomic E-state index is 12.6. The molecule has 0 aliphatic carbocycles. The number of carbonyl (C=O) groups excluding carboxylic acids is 2. The van der Waals surface area contributed by atoms with Gasteiger partial charge in [0.2, 0.25) is 5.91 Å². The van der Waals surface area contributed by atoms with Gasteiger partial charge >= 0.3 is 0 Å². The molecule has 0 atom stereocenters. The highest BCUT2D eigenvalue weighted by molar-refractivity contribution is 6.03. The fraction of sp³-hybridized carbons (Fsp3) is 0.190. The van der Waals surface area contributed by atoms with Crippen LogP contribution in [0, 0.1) is 0 Å². The zero-order chi connectivity index (χ0) is 20.6. The summed E-state index contributed by atoms with van der Waals surface area (Å²) in [6.45, 7) is 2.17. The van der Waals surface area contributed by atoms with Crippen LogP contribution < -0.4 is 15.5 Å². The van der Waals surface area contributed by atoms with E-state index in [0.717, 1.165) is 13.0 Å². The SMILES string of the molecule is CC(=O)Nc1cccc(NC(=O)c2cc(N(C)CCc3ccncc3)ncn2)c1. The molecule has 0 saturated carbocycles. The van der Waals surface area contributed by atoms with E-state index >= 15 is 0 Å². The summed E-state index contributed by atoms with van der Waals surface area (Å²) < 4.78 is 0. The highest BCUT2D eigenvalue weighted by atomic mass is 16.2. The number of likely N-dealkylation sites (N-methyl/N-ethyl adjacent to an activating group) is 1. The molecule has 0 fully saturated rings. The van der Waals surface area contributed by atoms with Crippen LogP contribution in [0.1, 0.15) is 23.0 Å². The molecule has 29 heavy (non-hydrogen) atoms. The number of pyridine rings is 1. The molecule has 0 radical (unpaired) electrons. The molecule has 0 aliphatic rings. The van der Waals surface area contributed by atoms with Gasteiger partial charge in [-0.3, -0.25) is 14.6 Å². The van der Waals surface area contributed by atoms with Gasteiger partial charge in [-0.2, -0.15) is 0 Å². The fourth-order valence-corrected chi connectivity index (χ4v) is 2.71. The first kappa shape index (κ1) is 19.9. The Labute approximate surface area is 169 Å². The van der Waals surface area contributed by atoms with Gasteiger partial charge in [-0.1, -0.05) is 6.07 Å². The predicted octanol–water partition coefficient (Wildman–Crippen LogP) is 2.76. The van der Waals surface area contributed by atoms with Crippen molar-refractivity contribution in [3.05, 3.63) is 72.4 Å². The molecule has 2 heterocycles. The van der Waals surface area contributed by atoms with Crippen LogP contribution in [-0.2, 0) is 11.2 Å². The molecule has 2 amide bonds. The molecular formula is C21H22N6O2. The standard InChI is InChI=1S/C21H22N6O2/c1-15(28)25-17-4-3-5-18(12-17)26-21(29)19-13-20(24-14-23-19)27(2)11-8-16-6-9-22-10-7-16/h3-7,9-10,12-14H,8,11H2,1-2H3,(H,25,28)(H,26,29). The van der Waals surface area contributed by atoms with E-state index in [1.807, 2.05) is 24.1 Å². The van der Waals surface area contributed by atoms with Crippen molar-refractivity contribution in [2.45, 2.75) is 13.3 Å². The van der Waals surface area contributed by atoms with E-state index in [0.29, 0.717) is 17.2 Å². The van der Waals surface area contributed by atoms with Crippen molar-refractivity contribution in [1.82, 2.24) is 15.0 Å². The quantitative estimate of drug-likeness (QED) is 0.643. The normalized spacial score (nSPS) is 10.3. The zero-order valence-electron chi connectivity index (χ0n) is 16.3. The monoisotopic (exact) mass is 390 g/mol. The Hall–Kier alpha value is -3.81. The van der Waals surface area contributed by atoms with Gasteiger partial charge < -0.3 is 15.5 Å². The van der Waals surface area contributed by atoms with Crippen LogP contribution in [-0.4, -0.2) is 40.4 Å². The fourth-order valence-electron chi connectivity index (χ4n) is 2.71. The summed E-state index contributed by atoms with van der Waals surface area (Å²) in [5.41, 5.74) is 2.61. The molecule has 3 aromatic rings. The molecule has 148 valence electrons. The Morgan fingerprint density at radius 3 is 2.45 bits per heavy atom. The van der Waals surface area contributed by atoms with Crippen LogP contribution in [0.5, 0.6) is 0 Å². The number of benzene rings is 1. The molecular weight excluding hydrogens is 368 g/mol. The molecule has 3 rings (SSSR count). The number of anilines is 3. The predicted molar refractivity (Wildman–Crippen MR) is 112 cm³/mol. The average molecular weight is 390 g/mol. The minimum Gasteiger partial charge on any atom is -0.359 e. The zero-order valence-corrected chi connectivity index (χ0v) is 16.3. The van der Waals surface area contributed by atoms with Crippen LogP contribution in [0.3, 0.4) is 0 Å². The number of nitrogens with zero attached hydrogens (tertiary/aromatic N) is 4. The van der Waals surface area contributed by atoms with Crippen molar-refractivity contribution in [2.75, 3.05) is 29.1 Å². The number of hydrogen-bond donors (Lipinski definition) is 2. The van der Waals surface area contributed by atoms with Gasteiger partial charge in [0.25, 0.3) is 5.91 Å². The lowest BCUT2D eigenvalue weighted by Gasteiger charge is -2.18. The third kappa shape index (κ3) is 5.83. The largest absolute Gasteiger partial charge is 0.359 e. The van der Waals surface area contributed by atoms with Gasteiger partial charge in [0, 0.05) is 50.4 Å². The van der Waals surface area contributed by atoms with Crippen molar-refractivity contribution < 1.29 is 9.59 Å². The maximum atomic E-state index is 12.6. The summed E-state index contributed by atoms with van der Waals surface area (Å²) in [7, 11) is 1.92. The van der Waals surface area contributed by atoms with Crippen LogP contribution in [0.2, 0.25) is 0 Å². The first-order chi connectivity index (χ1) is 14.0. The Bertz CT molecular complexity index is 993. The second kappa shape index (κ2) is 9.41. The van der Waals surface area contributed by atoms with Gasteiger partial charge in [0.1, 0.15) is 17.8 Å². The van der Waals surface area contributed by atoms with E-state index in [9.17, 15) is 9.59 Å². The molecule has 1 aromatic carbocycles. The lowest BCUT2D eigenvalue weighted by molar-refractivity contribution is -0.114. The molecule has 8 heteroatoms. The van der Waals surface area contributed by atoms with Crippen molar-refractivity contribution in [3.63, 3.8) is 0 Å². The maximum Gasteiger partial charge on any atom is 0.274 e. The summed E-state index contributed by atoms with van der Waals surface area (Å²) >= 11 is 0. The lowest BCUT2D eigenvalue weighted by Crippen LogP contribution is -2.23. The molecule has 0 aliphatic heterocycles. The smallest absolute Gasteiger partial charge is 0.274 e. The lowest BCUT2D eigenvalue weighted by atomic mass is 10.2. The average Bonchev–Trinajstić information content (AvgIpc) is 2.72. The molecule has 0 unspecified atom stereocenters. The van der Waals surface area contributed by atoms with Gasteiger partial charge in [-0.15, -0.1) is 0 Å². The van der Waals surface area contributed by atoms with Gasteiger partial charge in [-0.25, -0.2) is 9.97 Å². The number of amides is 2. The van der Waals surface area contributed by atoms with Crippen molar-refractivity contribution >= 4 is 29.0 Å². The van der Waals surface area contributed by atoms with Gasteiger partial charge in [0.05, 0.1) is 0 Å². The van der Waals surface area contributed by atoms with Crippen molar-refractivity contribution in [1.29, 1.82) is 0 Å². The summed E-state index contributed by atoms with van der Waals surface area (Å²) in [6, 6.07) is 12.5. The van der Waals surface area contributed by atoms with E-state index in [4.69, 9.17) is 0 Å². The first-order valence-corrected chi connectivity index (χ1v) is 9.12. The minimum absolute atomic E-state index is 0.177. The summed E-state index contributed by atoms with van der Waals surface area (Å²) in [5.74, 6) is 0.131. The third-order valence-corrected chi connectivity index (χ3v) is 4.20. The molecule has 2 aromatic heterocycles. The highest BCUT2D eigenvalue weighted by Gasteiger charge is 2.12. The molecule has 8 nitrogen and oxygen atoms in total. The second-order valence-corrected chi connectivity index (χ2v) is 6.50. The van der Waals surface area contributed by atoms with Crippen molar-refractivity contribution in [2.24, 2.45) is 0 Å². The number of hydrogen-bond acceptors (Lipinski definition) is 6. The Morgan fingerprint density at radius 2 is 1.72 bits per heavy atom. The summed E-state index contributed by atoms with van der Waals surface area (Å²) in [5, 5.41) is 5.47.